The lowest BCUT2D eigenvalue weighted by molar-refractivity contribution is 0.0168. The topological polar surface area (TPSA) is 35.5 Å². The maximum absolute atomic E-state index is 12.7. The highest BCUT2D eigenvalue weighted by molar-refractivity contribution is 5.96. The molecular formula is C14H17FO3. The zero-order valence-electron chi connectivity index (χ0n) is 10.2. The van der Waals surface area contributed by atoms with Crippen molar-refractivity contribution in [3.63, 3.8) is 0 Å². The Hall–Kier alpha value is -1.26. The first-order valence-electron chi connectivity index (χ1n) is 6.24. The molecule has 18 heavy (non-hydrogen) atoms. The molecule has 0 aromatic heterocycles. The van der Waals surface area contributed by atoms with E-state index >= 15 is 0 Å². The zero-order chi connectivity index (χ0) is 12.8. The van der Waals surface area contributed by atoms with E-state index in [-0.39, 0.29) is 17.7 Å². The largest absolute Gasteiger partial charge is 0.378 e. The van der Waals surface area contributed by atoms with E-state index in [1.807, 2.05) is 0 Å². The van der Waals surface area contributed by atoms with E-state index in [1.54, 1.807) is 0 Å². The summed E-state index contributed by atoms with van der Waals surface area (Å²) in [6, 6.07) is 5.58. The van der Waals surface area contributed by atoms with Crippen LogP contribution in [0.1, 0.15) is 29.6 Å². The highest BCUT2D eigenvalue weighted by Crippen LogP contribution is 2.12. The van der Waals surface area contributed by atoms with Gasteiger partial charge in [-0.3, -0.25) is 4.79 Å². The average molecular weight is 252 g/mol. The van der Waals surface area contributed by atoms with Gasteiger partial charge in [-0.25, -0.2) is 4.39 Å². The summed E-state index contributed by atoms with van der Waals surface area (Å²) < 4.78 is 23.5. The summed E-state index contributed by atoms with van der Waals surface area (Å²) >= 11 is 0. The van der Waals surface area contributed by atoms with E-state index in [0.29, 0.717) is 25.2 Å². The van der Waals surface area contributed by atoms with Crippen LogP contribution in [-0.2, 0) is 9.47 Å². The average Bonchev–Trinajstić information content (AvgIpc) is 2.88. The smallest absolute Gasteiger partial charge is 0.165 e. The van der Waals surface area contributed by atoms with Crippen molar-refractivity contribution in [2.24, 2.45) is 0 Å². The lowest BCUT2D eigenvalue weighted by Crippen LogP contribution is -2.15. The molecule has 2 rings (SSSR count). The fraction of sp³-hybridized carbons (Fsp3) is 0.500. The number of ketones is 1. The van der Waals surface area contributed by atoms with E-state index in [2.05, 4.69) is 0 Å². The van der Waals surface area contributed by atoms with E-state index < -0.39 is 0 Å². The van der Waals surface area contributed by atoms with Gasteiger partial charge in [-0.1, -0.05) is 0 Å². The summed E-state index contributed by atoms with van der Waals surface area (Å²) in [5, 5.41) is 0. The molecule has 1 aliphatic heterocycles. The first kappa shape index (κ1) is 13.2. The third-order valence-corrected chi connectivity index (χ3v) is 2.97. The van der Waals surface area contributed by atoms with Crippen LogP contribution in [0, 0.1) is 5.82 Å². The zero-order valence-corrected chi connectivity index (χ0v) is 10.2. The summed E-state index contributed by atoms with van der Waals surface area (Å²) in [5.41, 5.74) is 0.525. The molecule has 1 heterocycles. The Labute approximate surface area is 106 Å². The number of hydrogen-bond acceptors (Lipinski definition) is 3. The Kier molecular flexibility index (Phi) is 4.84. The van der Waals surface area contributed by atoms with E-state index in [4.69, 9.17) is 9.47 Å². The van der Waals surface area contributed by atoms with Gasteiger partial charge in [0.05, 0.1) is 19.3 Å². The predicted molar refractivity (Wildman–Crippen MR) is 65.1 cm³/mol. The predicted octanol–water partition coefficient (Wildman–Crippen LogP) is 2.59. The number of hydrogen-bond donors (Lipinski definition) is 0. The van der Waals surface area contributed by atoms with Crippen LogP contribution in [0.3, 0.4) is 0 Å². The van der Waals surface area contributed by atoms with Crippen molar-refractivity contribution in [2.45, 2.75) is 25.4 Å². The number of ether oxygens (including phenoxy) is 2. The molecular weight excluding hydrogens is 235 g/mol. The van der Waals surface area contributed by atoms with Gasteiger partial charge in [0.15, 0.2) is 5.78 Å². The number of Topliss-reactive ketones (excluding diaryl/α,β-unsaturated/α-hetero) is 1. The lowest BCUT2D eigenvalue weighted by Gasteiger charge is -2.09. The fourth-order valence-corrected chi connectivity index (χ4v) is 1.94. The summed E-state index contributed by atoms with van der Waals surface area (Å²) in [6.07, 6.45) is 2.62. The van der Waals surface area contributed by atoms with Crippen molar-refractivity contribution in [2.75, 3.05) is 19.8 Å². The minimum absolute atomic E-state index is 0.0256. The van der Waals surface area contributed by atoms with Gasteiger partial charge < -0.3 is 9.47 Å². The number of benzene rings is 1. The number of carbonyl (C=O) groups excluding carboxylic acids is 1. The molecule has 0 amide bonds. The third-order valence-electron chi connectivity index (χ3n) is 2.97. The van der Waals surface area contributed by atoms with Gasteiger partial charge >= 0.3 is 0 Å². The van der Waals surface area contributed by atoms with E-state index in [0.717, 1.165) is 19.4 Å². The molecule has 0 saturated carbocycles. The minimum Gasteiger partial charge on any atom is -0.378 e. The fourth-order valence-electron chi connectivity index (χ4n) is 1.94. The monoisotopic (exact) mass is 252 g/mol. The van der Waals surface area contributed by atoms with E-state index in [1.165, 1.54) is 24.3 Å². The molecule has 3 nitrogen and oxygen atoms in total. The van der Waals surface area contributed by atoms with Crippen LogP contribution in [0.2, 0.25) is 0 Å². The minimum atomic E-state index is -0.332. The molecule has 1 atom stereocenters. The Morgan fingerprint density at radius 3 is 2.83 bits per heavy atom. The maximum atomic E-state index is 12.7. The Morgan fingerprint density at radius 1 is 1.39 bits per heavy atom. The normalized spacial score (nSPS) is 19.1. The van der Waals surface area contributed by atoms with Crippen molar-refractivity contribution in [1.82, 2.24) is 0 Å². The maximum Gasteiger partial charge on any atom is 0.165 e. The van der Waals surface area contributed by atoms with Crippen LogP contribution in [0.5, 0.6) is 0 Å². The van der Waals surface area contributed by atoms with Crippen LogP contribution >= 0.6 is 0 Å². The molecule has 4 heteroatoms. The first-order chi connectivity index (χ1) is 8.75. The molecule has 1 saturated heterocycles. The lowest BCUT2D eigenvalue weighted by atomic mass is 10.1. The molecule has 1 aromatic carbocycles. The summed E-state index contributed by atoms with van der Waals surface area (Å²) in [6.45, 7) is 1.75. The Balaban J connectivity index is 1.66. The molecule has 0 aliphatic carbocycles. The molecule has 98 valence electrons. The molecule has 1 aliphatic rings. The van der Waals surface area contributed by atoms with Gasteiger partial charge in [0, 0.05) is 18.6 Å². The number of carbonyl (C=O) groups is 1. The van der Waals surface area contributed by atoms with Crippen LogP contribution < -0.4 is 0 Å². The highest BCUT2D eigenvalue weighted by Gasteiger charge is 2.15. The Morgan fingerprint density at radius 2 is 2.17 bits per heavy atom. The van der Waals surface area contributed by atoms with Crippen molar-refractivity contribution in [3.8, 4) is 0 Å². The SMILES string of the molecule is O=C(CCOCC1CCCO1)c1ccc(F)cc1. The van der Waals surface area contributed by atoms with Crippen molar-refractivity contribution < 1.29 is 18.7 Å². The molecule has 0 spiro atoms. The standard InChI is InChI=1S/C14H17FO3/c15-12-5-3-11(4-6-12)14(16)7-9-17-10-13-2-1-8-18-13/h3-6,13H,1-2,7-10H2. The molecule has 0 radical (unpaired) electrons. The van der Waals surface area contributed by atoms with Gasteiger partial charge in [0.2, 0.25) is 0 Å². The number of rotatable bonds is 6. The van der Waals surface area contributed by atoms with Crippen LogP contribution in [0.15, 0.2) is 24.3 Å². The Bertz CT molecular complexity index is 383. The second-order valence-corrected chi connectivity index (χ2v) is 4.39. The van der Waals surface area contributed by atoms with Gasteiger partial charge in [-0.05, 0) is 37.1 Å². The van der Waals surface area contributed by atoms with Crippen LogP contribution in [-0.4, -0.2) is 31.7 Å². The third kappa shape index (κ3) is 3.89. The highest BCUT2D eigenvalue weighted by atomic mass is 19.1. The summed E-state index contributed by atoms with van der Waals surface area (Å²) in [5.74, 6) is -0.358. The van der Waals surface area contributed by atoms with Gasteiger partial charge in [-0.2, -0.15) is 0 Å². The second kappa shape index (κ2) is 6.61. The van der Waals surface area contributed by atoms with Gasteiger partial charge in [0.1, 0.15) is 5.82 Å². The molecule has 0 bridgehead atoms. The second-order valence-electron chi connectivity index (χ2n) is 4.39. The van der Waals surface area contributed by atoms with Crippen molar-refractivity contribution >= 4 is 5.78 Å². The summed E-state index contributed by atoms with van der Waals surface area (Å²) in [4.78, 5) is 11.7. The van der Waals surface area contributed by atoms with Gasteiger partial charge in [0.25, 0.3) is 0 Å². The number of halogens is 1. The molecule has 1 unspecified atom stereocenters. The van der Waals surface area contributed by atoms with Crippen molar-refractivity contribution in [1.29, 1.82) is 0 Å². The van der Waals surface area contributed by atoms with E-state index in [9.17, 15) is 9.18 Å². The molecule has 1 fully saturated rings. The van der Waals surface area contributed by atoms with Gasteiger partial charge in [-0.15, -0.1) is 0 Å². The molecule has 0 N–H and O–H groups in total. The van der Waals surface area contributed by atoms with Crippen molar-refractivity contribution in [3.05, 3.63) is 35.6 Å². The summed E-state index contributed by atoms with van der Waals surface area (Å²) in [7, 11) is 0. The van der Waals surface area contributed by atoms with Crippen LogP contribution in [0.25, 0.3) is 0 Å². The quantitative estimate of drug-likeness (QED) is 0.576. The van der Waals surface area contributed by atoms with Crippen LogP contribution in [0.4, 0.5) is 4.39 Å². The first-order valence-corrected chi connectivity index (χ1v) is 6.24. The molecule has 1 aromatic rings.